The smallest absolute Gasteiger partial charge is 0.175 e. The Bertz CT molecular complexity index is 1150. The number of aryl methyl sites for hydroxylation is 2. The van der Waals surface area contributed by atoms with Crippen LogP contribution >= 0.6 is 23.1 Å². The molecule has 0 unspecified atom stereocenters. The summed E-state index contributed by atoms with van der Waals surface area (Å²) in [7, 11) is 0. The number of benzene rings is 2. The number of nitrogens with zero attached hydrogens (tertiary/aromatic N) is 2. The van der Waals surface area contributed by atoms with Gasteiger partial charge in [-0.25, -0.2) is 9.97 Å². The third-order valence-corrected chi connectivity index (χ3v) is 7.01. The first kappa shape index (κ1) is 18.8. The summed E-state index contributed by atoms with van der Waals surface area (Å²) in [6, 6.07) is 18.3. The van der Waals surface area contributed by atoms with Crippen molar-refractivity contribution in [1.29, 1.82) is 0 Å². The van der Waals surface area contributed by atoms with Crippen LogP contribution in [0.5, 0.6) is 0 Å². The standard InChI is InChI=1S/C23H20N2OS2/c1-14-9-10-18(11-15(14)2)21(26)16(3)27-22-19-12-20(17-7-5-4-6-8-17)28-23(19)25-13-24-22/h4-13,16H,1-3H3/t16-/m1/s1. The molecular formula is C23H20N2OS2. The molecule has 2 aromatic heterocycles. The number of carbonyl (C=O) groups excluding carboxylic acids is 1. The van der Waals surface area contributed by atoms with Crippen molar-refractivity contribution in [2.45, 2.75) is 31.0 Å². The van der Waals surface area contributed by atoms with Crippen molar-refractivity contribution >= 4 is 39.1 Å². The van der Waals surface area contributed by atoms with Crippen LogP contribution in [0.3, 0.4) is 0 Å². The van der Waals surface area contributed by atoms with Crippen LogP contribution in [0.2, 0.25) is 0 Å². The third kappa shape index (κ3) is 3.73. The molecular weight excluding hydrogens is 384 g/mol. The molecule has 0 bridgehead atoms. The normalized spacial score (nSPS) is 12.2. The quantitative estimate of drug-likeness (QED) is 0.221. The number of ketones is 1. The van der Waals surface area contributed by atoms with Crippen LogP contribution in [-0.4, -0.2) is 21.0 Å². The van der Waals surface area contributed by atoms with Crippen molar-refractivity contribution in [3.05, 3.63) is 77.6 Å². The summed E-state index contributed by atoms with van der Waals surface area (Å²) in [6.07, 6.45) is 1.59. The number of aromatic nitrogens is 2. The Morgan fingerprint density at radius 3 is 2.54 bits per heavy atom. The maximum absolute atomic E-state index is 12.9. The van der Waals surface area contributed by atoms with Crippen LogP contribution in [0.15, 0.2) is 66.0 Å². The van der Waals surface area contributed by atoms with Crippen LogP contribution < -0.4 is 0 Å². The highest BCUT2D eigenvalue weighted by Crippen LogP contribution is 2.37. The van der Waals surface area contributed by atoms with Crippen LogP contribution in [0.25, 0.3) is 20.7 Å². The molecule has 0 spiro atoms. The SMILES string of the molecule is Cc1ccc(C(=O)[C@@H](C)Sc2ncnc3sc(-c4ccccc4)cc23)cc1C. The van der Waals surface area contributed by atoms with Gasteiger partial charge in [0.05, 0.1) is 5.25 Å². The predicted octanol–water partition coefficient (Wildman–Crippen LogP) is 6.34. The largest absolute Gasteiger partial charge is 0.293 e. The summed E-state index contributed by atoms with van der Waals surface area (Å²) in [6.45, 7) is 6.04. The van der Waals surface area contributed by atoms with Crippen molar-refractivity contribution < 1.29 is 4.79 Å². The van der Waals surface area contributed by atoms with Crippen molar-refractivity contribution in [1.82, 2.24) is 9.97 Å². The van der Waals surface area contributed by atoms with Gasteiger partial charge in [0.2, 0.25) is 0 Å². The Kier molecular flexibility index (Phi) is 5.29. The topological polar surface area (TPSA) is 42.9 Å². The predicted molar refractivity (Wildman–Crippen MR) is 118 cm³/mol. The molecule has 0 aliphatic rings. The van der Waals surface area contributed by atoms with Crippen LogP contribution in [0.4, 0.5) is 0 Å². The number of Topliss-reactive ketones (excluding diaryl/α,β-unsaturated/α-hetero) is 1. The second-order valence-corrected chi connectivity index (χ2v) is 9.16. The van der Waals surface area contributed by atoms with Crippen molar-refractivity contribution in [3.63, 3.8) is 0 Å². The van der Waals surface area contributed by atoms with E-state index in [9.17, 15) is 4.79 Å². The molecule has 0 N–H and O–H groups in total. The first-order valence-electron chi connectivity index (χ1n) is 9.11. The summed E-state index contributed by atoms with van der Waals surface area (Å²) >= 11 is 3.15. The molecule has 4 aromatic rings. The van der Waals surface area contributed by atoms with Gasteiger partial charge in [-0.05, 0) is 49.6 Å². The van der Waals surface area contributed by atoms with Gasteiger partial charge in [-0.3, -0.25) is 4.79 Å². The number of thioether (sulfide) groups is 1. The number of fused-ring (bicyclic) bond motifs is 1. The van der Waals surface area contributed by atoms with Crippen molar-refractivity contribution in [3.8, 4) is 10.4 Å². The van der Waals surface area contributed by atoms with E-state index in [1.165, 1.54) is 22.9 Å². The molecule has 0 aliphatic carbocycles. The molecule has 3 nitrogen and oxygen atoms in total. The Balaban J connectivity index is 1.63. The lowest BCUT2D eigenvalue weighted by molar-refractivity contribution is 0.0994. The minimum Gasteiger partial charge on any atom is -0.293 e. The molecule has 4 rings (SSSR count). The molecule has 0 saturated carbocycles. The average Bonchev–Trinajstić information content (AvgIpc) is 3.15. The second kappa shape index (κ2) is 7.86. The Hall–Kier alpha value is -2.50. The van der Waals surface area contributed by atoms with Crippen molar-refractivity contribution in [2.75, 3.05) is 0 Å². The molecule has 0 aliphatic heterocycles. The summed E-state index contributed by atoms with van der Waals surface area (Å²) in [5.41, 5.74) is 4.25. The van der Waals surface area contributed by atoms with Crippen LogP contribution in [-0.2, 0) is 0 Å². The first-order valence-corrected chi connectivity index (χ1v) is 10.8. The van der Waals surface area contributed by atoms with E-state index in [0.717, 1.165) is 31.2 Å². The molecule has 140 valence electrons. The Labute approximate surface area is 172 Å². The summed E-state index contributed by atoms with van der Waals surface area (Å²) < 4.78 is 0. The van der Waals surface area contributed by atoms with E-state index in [4.69, 9.17) is 0 Å². The highest BCUT2D eigenvalue weighted by Gasteiger charge is 2.20. The molecule has 5 heteroatoms. The lowest BCUT2D eigenvalue weighted by Gasteiger charge is -2.11. The Morgan fingerprint density at radius 1 is 1.00 bits per heavy atom. The minimum absolute atomic E-state index is 0.123. The van der Waals surface area contributed by atoms with E-state index in [0.29, 0.717) is 0 Å². The molecule has 0 saturated heterocycles. The van der Waals surface area contributed by atoms with Crippen LogP contribution in [0.1, 0.15) is 28.4 Å². The molecule has 2 heterocycles. The fraction of sp³-hybridized carbons (Fsp3) is 0.174. The summed E-state index contributed by atoms with van der Waals surface area (Å²) in [5, 5.41) is 1.64. The van der Waals surface area contributed by atoms with Gasteiger partial charge in [0, 0.05) is 15.8 Å². The minimum atomic E-state index is -0.222. The zero-order chi connectivity index (χ0) is 19.7. The van der Waals surface area contributed by atoms with E-state index in [1.807, 2.05) is 50.2 Å². The Morgan fingerprint density at radius 2 is 1.79 bits per heavy atom. The van der Waals surface area contributed by atoms with Crippen molar-refractivity contribution in [2.24, 2.45) is 0 Å². The van der Waals surface area contributed by atoms with Gasteiger partial charge in [-0.1, -0.05) is 54.2 Å². The molecule has 2 aromatic carbocycles. The van der Waals surface area contributed by atoms with E-state index in [1.54, 1.807) is 17.7 Å². The zero-order valence-electron chi connectivity index (χ0n) is 16.0. The average molecular weight is 405 g/mol. The fourth-order valence-electron chi connectivity index (χ4n) is 3.02. The molecule has 0 radical (unpaired) electrons. The number of hydrogen-bond donors (Lipinski definition) is 0. The fourth-order valence-corrected chi connectivity index (χ4v) is 5.06. The van der Waals surface area contributed by atoms with Gasteiger partial charge < -0.3 is 0 Å². The van der Waals surface area contributed by atoms with E-state index >= 15 is 0 Å². The summed E-state index contributed by atoms with van der Waals surface area (Å²) in [4.78, 5) is 23.9. The van der Waals surface area contributed by atoms with E-state index < -0.39 is 0 Å². The van der Waals surface area contributed by atoms with Gasteiger partial charge in [0.1, 0.15) is 16.2 Å². The van der Waals surface area contributed by atoms with Gasteiger partial charge >= 0.3 is 0 Å². The van der Waals surface area contributed by atoms with Gasteiger partial charge in [0.25, 0.3) is 0 Å². The number of carbonyl (C=O) groups is 1. The van der Waals surface area contributed by atoms with Gasteiger partial charge in [-0.2, -0.15) is 0 Å². The zero-order valence-corrected chi connectivity index (χ0v) is 17.6. The van der Waals surface area contributed by atoms with Gasteiger partial charge in [-0.15, -0.1) is 11.3 Å². The van der Waals surface area contributed by atoms with E-state index in [-0.39, 0.29) is 11.0 Å². The molecule has 0 fully saturated rings. The maximum Gasteiger partial charge on any atom is 0.175 e. The third-order valence-electron chi connectivity index (χ3n) is 4.80. The summed E-state index contributed by atoms with van der Waals surface area (Å²) in [5.74, 6) is 0.123. The first-order chi connectivity index (χ1) is 13.5. The molecule has 28 heavy (non-hydrogen) atoms. The highest BCUT2D eigenvalue weighted by atomic mass is 32.2. The highest BCUT2D eigenvalue weighted by molar-refractivity contribution is 8.00. The maximum atomic E-state index is 12.9. The number of hydrogen-bond acceptors (Lipinski definition) is 5. The second-order valence-electron chi connectivity index (χ2n) is 6.80. The van der Waals surface area contributed by atoms with E-state index in [2.05, 4.69) is 35.1 Å². The lowest BCUT2D eigenvalue weighted by atomic mass is 10.0. The monoisotopic (exact) mass is 404 g/mol. The lowest BCUT2D eigenvalue weighted by Crippen LogP contribution is -2.14. The molecule has 0 amide bonds. The molecule has 1 atom stereocenters. The van der Waals surface area contributed by atoms with Crippen LogP contribution in [0, 0.1) is 13.8 Å². The number of rotatable bonds is 5. The number of thiophene rings is 1. The van der Waals surface area contributed by atoms with Gasteiger partial charge in [0.15, 0.2) is 5.78 Å².